The summed E-state index contributed by atoms with van der Waals surface area (Å²) in [5, 5.41) is 3.30. The molecule has 0 aliphatic heterocycles. The van der Waals surface area contributed by atoms with Gasteiger partial charge in [0.05, 0.1) is 6.04 Å². The minimum atomic E-state index is 0.145. The molecule has 0 spiro atoms. The van der Waals surface area contributed by atoms with E-state index in [9.17, 15) is 0 Å². The zero-order valence-corrected chi connectivity index (χ0v) is 10.9. The first-order chi connectivity index (χ1) is 8.54. The molecule has 1 aromatic heterocycles. The molecule has 0 saturated carbocycles. The van der Waals surface area contributed by atoms with Crippen LogP contribution in [0.15, 0.2) is 30.3 Å². The molecule has 4 heteroatoms. The second kappa shape index (κ2) is 5.04. The van der Waals surface area contributed by atoms with E-state index in [0.717, 1.165) is 22.6 Å². The van der Waals surface area contributed by atoms with Gasteiger partial charge in [-0.2, -0.15) is 0 Å². The van der Waals surface area contributed by atoms with Crippen molar-refractivity contribution in [3.63, 3.8) is 0 Å². The summed E-state index contributed by atoms with van der Waals surface area (Å²) >= 11 is 0. The lowest BCUT2D eigenvalue weighted by Crippen LogP contribution is -2.10. The second-order valence-corrected chi connectivity index (χ2v) is 4.51. The number of aryl methyl sites for hydroxylation is 2. The number of hydrogen-bond donors (Lipinski definition) is 2. The van der Waals surface area contributed by atoms with Crippen LogP contribution in [0.2, 0.25) is 0 Å². The Morgan fingerprint density at radius 3 is 2.17 bits per heavy atom. The van der Waals surface area contributed by atoms with Gasteiger partial charge in [-0.15, -0.1) is 0 Å². The van der Waals surface area contributed by atoms with E-state index in [1.54, 1.807) is 0 Å². The summed E-state index contributed by atoms with van der Waals surface area (Å²) in [7, 11) is 0. The number of benzene rings is 1. The van der Waals surface area contributed by atoms with Gasteiger partial charge in [0.1, 0.15) is 0 Å². The topological polar surface area (TPSA) is 63.8 Å². The Morgan fingerprint density at radius 1 is 1.06 bits per heavy atom. The molecule has 1 heterocycles. The molecule has 94 valence electrons. The molecular formula is C14H18N4. The largest absolute Gasteiger partial charge is 0.399 e. The van der Waals surface area contributed by atoms with Gasteiger partial charge in [-0.3, -0.25) is 0 Å². The first kappa shape index (κ1) is 12.4. The van der Waals surface area contributed by atoms with Crippen molar-refractivity contribution in [1.82, 2.24) is 9.97 Å². The summed E-state index contributed by atoms with van der Waals surface area (Å²) in [5.74, 6) is 0.664. The Hall–Kier alpha value is -2.10. The van der Waals surface area contributed by atoms with Crippen LogP contribution in [0.25, 0.3) is 0 Å². The smallest absolute Gasteiger partial charge is 0.223 e. The lowest BCUT2D eigenvalue weighted by molar-refractivity contribution is 0.853. The fourth-order valence-electron chi connectivity index (χ4n) is 1.85. The zero-order chi connectivity index (χ0) is 13.1. The molecule has 0 bridgehead atoms. The number of nitrogens with zero attached hydrogens (tertiary/aromatic N) is 2. The molecule has 3 N–H and O–H groups in total. The standard InChI is InChI=1S/C14H18N4/c1-9-8-10(2)17-14(16-9)18-11(3)12-4-6-13(15)7-5-12/h4-8,11H,15H2,1-3H3,(H,16,17,18). The zero-order valence-electron chi connectivity index (χ0n) is 10.9. The number of rotatable bonds is 3. The van der Waals surface area contributed by atoms with Gasteiger partial charge in [-0.25, -0.2) is 9.97 Å². The molecule has 1 aromatic carbocycles. The Morgan fingerprint density at radius 2 is 1.61 bits per heavy atom. The average Bonchev–Trinajstić information content (AvgIpc) is 2.28. The maximum absolute atomic E-state index is 5.67. The third kappa shape index (κ3) is 2.97. The van der Waals surface area contributed by atoms with Crippen LogP contribution in [0.5, 0.6) is 0 Å². The lowest BCUT2D eigenvalue weighted by atomic mass is 10.1. The first-order valence-corrected chi connectivity index (χ1v) is 5.99. The molecule has 18 heavy (non-hydrogen) atoms. The number of nitrogens with one attached hydrogen (secondary N) is 1. The summed E-state index contributed by atoms with van der Waals surface area (Å²) in [6.45, 7) is 6.01. The third-order valence-corrected chi connectivity index (χ3v) is 2.76. The van der Waals surface area contributed by atoms with Crippen molar-refractivity contribution in [3.05, 3.63) is 47.3 Å². The van der Waals surface area contributed by atoms with Gasteiger partial charge in [0.15, 0.2) is 0 Å². The van der Waals surface area contributed by atoms with E-state index in [1.165, 1.54) is 0 Å². The van der Waals surface area contributed by atoms with Crippen LogP contribution in [-0.4, -0.2) is 9.97 Å². The van der Waals surface area contributed by atoms with E-state index in [0.29, 0.717) is 5.95 Å². The first-order valence-electron chi connectivity index (χ1n) is 5.99. The van der Waals surface area contributed by atoms with Gasteiger partial charge in [-0.05, 0) is 44.5 Å². The Kier molecular flexibility index (Phi) is 3.46. The Labute approximate surface area is 107 Å². The van der Waals surface area contributed by atoms with Crippen LogP contribution < -0.4 is 11.1 Å². The van der Waals surface area contributed by atoms with Crippen LogP contribution in [0.1, 0.15) is 29.9 Å². The monoisotopic (exact) mass is 242 g/mol. The van der Waals surface area contributed by atoms with E-state index >= 15 is 0 Å². The summed E-state index contributed by atoms with van der Waals surface area (Å²) in [4.78, 5) is 8.74. The lowest BCUT2D eigenvalue weighted by Gasteiger charge is -2.15. The fourth-order valence-corrected chi connectivity index (χ4v) is 1.85. The van der Waals surface area contributed by atoms with E-state index in [2.05, 4.69) is 22.2 Å². The number of aromatic nitrogens is 2. The number of nitrogens with two attached hydrogens (primary N) is 1. The van der Waals surface area contributed by atoms with Gasteiger partial charge in [0.25, 0.3) is 0 Å². The van der Waals surface area contributed by atoms with Crippen molar-refractivity contribution in [1.29, 1.82) is 0 Å². The molecule has 0 amide bonds. The Bertz CT molecular complexity index is 514. The molecule has 0 fully saturated rings. The predicted octanol–water partition coefficient (Wildman–Crippen LogP) is 2.85. The average molecular weight is 242 g/mol. The summed E-state index contributed by atoms with van der Waals surface area (Å²) in [6.07, 6.45) is 0. The molecule has 0 radical (unpaired) electrons. The molecule has 0 aliphatic rings. The molecule has 2 rings (SSSR count). The van der Waals surface area contributed by atoms with Gasteiger partial charge in [0.2, 0.25) is 5.95 Å². The van der Waals surface area contributed by atoms with E-state index in [4.69, 9.17) is 5.73 Å². The molecule has 0 saturated heterocycles. The van der Waals surface area contributed by atoms with Gasteiger partial charge in [0, 0.05) is 17.1 Å². The van der Waals surface area contributed by atoms with Crippen molar-refractivity contribution in [2.75, 3.05) is 11.1 Å². The molecule has 0 aliphatic carbocycles. The molecule has 1 atom stereocenters. The number of anilines is 2. The van der Waals surface area contributed by atoms with Crippen molar-refractivity contribution >= 4 is 11.6 Å². The third-order valence-electron chi connectivity index (χ3n) is 2.76. The number of hydrogen-bond acceptors (Lipinski definition) is 4. The molecule has 4 nitrogen and oxygen atoms in total. The van der Waals surface area contributed by atoms with Crippen LogP contribution in [0.3, 0.4) is 0 Å². The molecular weight excluding hydrogens is 224 g/mol. The van der Waals surface area contributed by atoms with Crippen molar-refractivity contribution < 1.29 is 0 Å². The van der Waals surface area contributed by atoms with Crippen LogP contribution in [-0.2, 0) is 0 Å². The van der Waals surface area contributed by atoms with Gasteiger partial charge >= 0.3 is 0 Å². The van der Waals surface area contributed by atoms with Crippen LogP contribution in [0, 0.1) is 13.8 Å². The summed E-state index contributed by atoms with van der Waals surface area (Å²) < 4.78 is 0. The minimum Gasteiger partial charge on any atom is -0.399 e. The second-order valence-electron chi connectivity index (χ2n) is 4.51. The van der Waals surface area contributed by atoms with Gasteiger partial charge in [-0.1, -0.05) is 12.1 Å². The van der Waals surface area contributed by atoms with Crippen LogP contribution >= 0.6 is 0 Å². The van der Waals surface area contributed by atoms with Gasteiger partial charge < -0.3 is 11.1 Å². The predicted molar refractivity (Wildman–Crippen MR) is 74.4 cm³/mol. The maximum Gasteiger partial charge on any atom is 0.223 e. The maximum atomic E-state index is 5.67. The summed E-state index contributed by atoms with van der Waals surface area (Å²) in [5.41, 5.74) is 9.54. The Balaban J connectivity index is 2.15. The normalized spacial score (nSPS) is 12.2. The van der Waals surface area contributed by atoms with Crippen molar-refractivity contribution in [2.24, 2.45) is 0 Å². The highest BCUT2D eigenvalue weighted by molar-refractivity contribution is 5.42. The minimum absolute atomic E-state index is 0.145. The highest BCUT2D eigenvalue weighted by Gasteiger charge is 2.07. The molecule has 2 aromatic rings. The number of nitrogen functional groups attached to an aromatic ring is 1. The fraction of sp³-hybridized carbons (Fsp3) is 0.286. The quantitative estimate of drug-likeness (QED) is 0.812. The van der Waals surface area contributed by atoms with E-state index < -0.39 is 0 Å². The highest BCUT2D eigenvalue weighted by atomic mass is 15.1. The SMILES string of the molecule is Cc1cc(C)nc(NC(C)c2ccc(N)cc2)n1. The van der Waals surface area contributed by atoms with Crippen molar-refractivity contribution in [3.8, 4) is 0 Å². The highest BCUT2D eigenvalue weighted by Crippen LogP contribution is 2.18. The van der Waals surface area contributed by atoms with Crippen LogP contribution in [0.4, 0.5) is 11.6 Å². The van der Waals surface area contributed by atoms with Crippen molar-refractivity contribution in [2.45, 2.75) is 26.8 Å². The van der Waals surface area contributed by atoms with E-state index in [1.807, 2.05) is 44.2 Å². The summed E-state index contributed by atoms with van der Waals surface area (Å²) in [6, 6.07) is 9.92. The van der Waals surface area contributed by atoms with E-state index in [-0.39, 0.29) is 6.04 Å². The molecule has 1 unspecified atom stereocenters.